The maximum Gasteiger partial charge on any atom is 0.160 e. The molecule has 0 radical (unpaired) electrons. The minimum Gasteiger partial charge on any atom is -0.308 e. The highest BCUT2D eigenvalue weighted by Crippen LogP contribution is 2.43. The number of pyridine rings is 1. The van der Waals surface area contributed by atoms with Gasteiger partial charge < -0.3 is 4.57 Å². The van der Waals surface area contributed by atoms with Crippen LogP contribution < -0.4 is 0 Å². The van der Waals surface area contributed by atoms with Gasteiger partial charge in [0, 0.05) is 44.1 Å². The van der Waals surface area contributed by atoms with Gasteiger partial charge in [0.25, 0.3) is 0 Å². The first kappa shape index (κ1) is 36.4. The summed E-state index contributed by atoms with van der Waals surface area (Å²) in [6.45, 7) is 0. The van der Waals surface area contributed by atoms with E-state index in [9.17, 15) is 0 Å². The van der Waals surface area contributed by atoms with Gasteiger partial charge in [0.1, 0.15) is 0 Å². The number of aromatic nitrogens is 4. The number of fused-ring (bicyclic) bond motifs is 6. The topological polar surface area (TPSA) is 43.6 Å². The fourth-order valence-electron chi connectivity index (χ4n) is 9.24. The third-order valence-electron chi connectivity index (χ3n) is 12.2. The highest BCUT2D eigenvalue weighted by atomic mass is 15.0. The van der Waals surface area contributed by atoms with E-state index in [0.717, 1.165) is 78.0 Å². The van der Waals surface area contributed by atoms with Gasteiger partial charge in [-0.05, 0) is 63.4 Å². The van der Waals surface area contributed by atoms with E-state index in [-0.39, 0.29) is 0 Å². The zero-order valence-corrected chi connectivity index (χ0v) is 34.2. The van der Waals surface area contributed by atoms with Crippen molar-refractivity contribution >= 4 is 43.5 Å². The molecule has 0 saturated carbocycles. The van der Waals surface area contributed by atoms with Crippen LogP contribution in [-0.2, 0) is 0 Å². The third kappa shape index (κ3) is 6.36. The molecule has 3 aromatic heterocycles. The first-order valence-corrected chi connectivity index (χ1v) is 21.4. The molecule has 0 amide bonds. The molecule has 0 saturated heterocycles. The van der Waals surface area contributed by atoms with E-state index in [4.69, 9.17) is 15.0 Å². The Morgan fingerprint density at radius 2 is 0.889 bits per heavy atom. The Labute approximate surface area is 365 Å². The summed E-state index contributed by atoms with van der Waals surface area (Å²) in [5.74, 6) is 0.706. The van der Waals surface area contributed by atoms with E-state index in [1.54, 1.807) is 0 Å². The van der Waals surface area contributed by atoms with E-state index < -0.39 is 0 Å². The molecule has 0 unspecified atom stereocenters. The summed E-state index contributed by atoms with van der Waals surface area (Å²) in [7, 11) is 0. The molecule has 294 valence electrons. The average molecular weight is 803 g/mol. The molecule has 63 heavy (non-hydrogen) atoms. The highest BCUT2D eigenvalue weighted by Gasteiger charge is 2.21. The van der Waals surface area contributed by atoms with Crippen molar-refractivity contribution in [3.05, 3.63) is 231 Å². The number of benzene rings is 9. The van der Waals surface area contributed by atoms with Gasteiger partial charge in [0.05, 0.1) is 33.6 Å². The molecule has 0 N–H and O–H groups in total. The van der Waals surface area contributed by atoms with Gasteiger partial charge in [-0.3, -0.25) is 0 Å². The molecule has 0 fully saturated rings. The van der Waals surface area contributed by atoms with Crippen molar-refractivity contribution in [2.75, 3.05) is 0 Å². The van der Waals surface area contributed by atoms with Gasteiger partial charge in [0.15, 0.2) is 5.82 Å². The predicted octanol–water partition coefficient (Wildman–Crippen LogP) is 15.3. The standard InChI is InChI=1S/C59H38N4/c1-4-17-41(18-5-1)52-38-53(62-59(61-52)45-19-6-2-7-20-45)42-30-32-43(33-31-42)55-47-23-11-10-16-39(47)36-37-48(55)40-28-34-44(35-29-40)57-56-50-25-13-15-27-54(50)63(46-21-8-3-9-22-46)58(56)49-24-12-14-26-51(49)60-57/h1-38H. The number of hydrogen-bond acceptors (Lipinski definition) is 3. The molecule has 0 atom stereocenters. The molecular formula is C59H38N4. The second-order valence-electron chi connectivity index (χ2n) is 15.9. The van der Waals surface area contributed by atoms with Crippen LogP contribution in [0.3, 0.4) is 0 Å². The van der Waals surface area contributed by atoms with Crippen molar-refractivity contribution in [3.8, 4) is 73.1 Å². The summed E-state index contributed by atoms with van der Waals surface area (Å²) in [6, 6.07) is 81.5. The van der Waals surface area contributed by atoms with Crippen molar-refractivity contribution in [1.29, 1.82) is 0 Å². The van der Waals surface area contributed by atoms with Crippen LogP contribution in [0.2, 0.25) is 0 Å². The monoisotopic (exact) mass is 802 g/mol. The second kappa shape index (κ2) is 15.2. The maximum atomic E-state index is 5.40. The van der Waals surface area contributed by atoms with Gasteiger partial charge in [0.2, 0.25) is 0 Å². The van der Waals surface area contributed by atoms with Crippen LogP contribution in [0.4, 0.5) is 0 Å². The van der Waals surface area contributed by atoms with E-state index in [1.165, 1.54) is 32.8 Å². The SMILES string of the molecule is c1ccc(-c2cc(-c3ccc(-c4c(-c5ccc(-c6nc7ccccc7c7c6c6ccccc6n7-c6ccccc6)cc5)ccc5ccccc45)cc3)nc(-c3ccccc3)n2)cc1. The lowest BCUT2D eigenvalue weighted by molar-refractivity contribution is 1.18. The van der Waals surface area contributed by atoms with Crippen LogP contribution in [0.1, 0.15) is 0 Å². The Balaban J connectivity index is 0.981. The van der Waals surface area contributed by atoms with Gasteiger partial charge in [-0.1, -0.05) is 200 Å². The van der Waals surface area contributed by atoms with Gasteiger partial charge in [-0.25, -0.2) is 15.0 Å². The Kier molecular flexibility index (Phi) is 8.79. The van der Waals surface area contributed by atoms with Gasteiger partial charge >= 0.3 is 0 Å². The summed E-state index contributed by atoms with van der Waals surface area (Å²) in [4.78, 5) is 15.5. The van der Waals surface area contributed by atoms with Crippen molar-refractivity contribution in [2.45, 2.75) is 0 Å². The van der Waals surface area contributed by atoms with Crippen LogP contribution in [-0.4, -0.2) is 19.5 Å². The van der Waals surface area contributed by atoms with E-state index in [1.807, 2.05) is 36.4 Å². The molecule has 12 rings (SSSR count). The van der Waals surface area contributed by atoms with Crippen LogP contribution >= 0.6 is 0 Å². The zero-order chi connectivity index (χ0) is 41.7. The third-order valence-corrected chi connectivity index (χ3v) is 12.2. The smallest absolute Gasteiger partial charge is 0.160 e. The Bertz CT molecular complexity index is 3580. The molecule has 9 aromatic carbocycles. The number of hydrogen-bond donors (Lipinski definition) is 0. The van der Waals surface area contributed by atoms with Crippen molar-refractivity contribution in [1.82, 2.24) is 19.5 Å². The number of rotatable bonds is 7. The number of nitrogens with zero attached hydrogens (tertiary/aromatic N) is 4. The zero-order valence-electron chi connectivity index (χ0n) is 34.2. The Morgan fingerprint density at radius 1 is 0.349 bits per heavy atom. The van der Waals surface area contributed by atoms with Crippen molar-refractivity contribution in [2.24, 2.45) is 0 Å². The molecule has 0 spiro atoms. The van der Waals surface area contributed by atoms with Crippen LogP contribution in [0.5, 0.6) is 0 Å². The Morgan fingerprint density at radius 3 is 1.62 bits per heavy atom. The molecular weight excluding hydrogens is 765 g/mol. The predicted molar refractivity (Wildman–Crippen MR) is 262 cm³/mol. The van der Waals surface area contributed by atoms with E-state index >= 15 is 0 Å². The maximum absolute atomic E-state index is 5.40. The quantitative estimate of drug-likeness (QED) is 0.161. The minimum atomic E-state index is 0.706. The van der Waals surface area contributed by atoms with E-state index in [2.05, 4.69) is 199 Å². The summed E-state index contributed by atoms with van der Waals surface area (Å²) >= 11 is 0. The molecule has 4 nitrogen and oxygen atoms in total. The lowest BCUT2D eigenvalue weighted by Crippen LogP contribution is -1.96. The number of para-hydroxylation sites is 3. The average Bonchev–Trinajstić information content (AvgIpc) is 3.72. The van der Waals surface area contributed by atoms with Crippen LogP contribution in [0.15, 0.2) is 231 Å². The normalized spacial score (nSPS) is 11.5. The summed E-state index contributed by atoms with van der Waals surface area (Å²) in [5.41, 5.74) is 16.0. The second-order valence-corrected chi connectivity index (χ2v) is 15.9. The fraction of sp³-hybridized carbons (Fsp3) is 0. The molecule has 0 aliphatic heterocycles. The van der Waals surface area contributed by atoms with Crippen molar-refractivity contribution < 1.29 is 0 Å². The van der Waals surface area contributed by atoms with Gasteiger partial charge in [-0.15, -0.1) is 0 Å². The summed E-state index contributed by atoms with van der Waals surface area (Å²) in [5, 5.41) is 5.88. The minimum absolute atomic E-state index is 0.706. The van der Waals surface area contributed by atoms with Gasteiger partial charge in [-0.2, -0.15) is 0 Å². The highest BCUT2D eigenvalue weighted by molar-refractivity contribution is 6.22. The molecule has 0 aliphatic carbocycles. The fourth-order valence-corrected chi connectivity index (χ4v) is 9.24. The Hall–Kier alpha value is -8.47. The molecule has 12 aromatic rings. The summed E-state index contributed by atoms with van der Waals surface area (Å²) in [6.07, 6.45) is 0. The lowest BCUT2D eigenvalue weighted by Gasteiger charge is -2.16. The first-order chi connectivity index (χ1) is 31.2. The molecule has 3 heterocycles. The molecule has 0 bridgehead atoms. The molecule has 4 heteroatoms. The van der Waals surface area contributed by atoms with Crippen LogP contribution in [0, 0.1) is 0 Å². The molecule has 0 aliphatic rings. The summed E-state index contributed by atoms with van der Waals surface area (Å²) < 4.78 is 2.40. The first-order valence-electron chi connectivity index (χ1n) is 21.4. The van der Waals surface area contributed by atoms with Crippen molar-refractivity contribution in [3.63, 3.8) is 0 Å². The van der Waals surface area contributed by atoms with E-state index in [0.29, 0.717) is 5.82 Å². The van der Waals surface area contributed by atoms with Crippen LogP contribution in [0.25, 0.3) is 117 Å². The largest absolute Gasteiger partial charge is 0.308 e. The lowest BCUT2D eigenvalue weighted by atomic mass is 9.89.